The number of rotatable bonds is 4. The first kappa shape index (κ1) is 12.4. The van der Waals surface area contributed by atoms with Crippen molar-refractivity contribution in [3.63, 3.8) is 0 Å². The third kappa shape index (κ3) is 2.80. The molecule has 0 aliphatic rings. The highest BCUT2D eigenvalue weighted by Crippen LogP contribution is 2.17. The van der Waals surface area contributed by atoms with Crippen LogP contribution in [0.3, 0.4) is 0 Å². The van der Waals surface area contributed by atoms with E-state index in [1.54, 1.807) is 13.0 Å². The first-order valence-corrected chi connectivity index (χ1v) is 5.59. The molecule has 0 spiro atoms. The van der Waals surface area contributed by atoms with Crippen molar-refractivity contribution in [3.05, 3.63) is 41.3 Å². The van der Waals surface area contributed by atoms with Crippen molar-refractivity contribution < 1.29 is 8.91 Å². The lowest BCUT2D eigenvalue weighted by Gasteiger charge is -2.09. The molecule has 0 unspecified atom stereocenters. The summed E-state index contributed by atoms with van der Waals surface area (Å²) in [6.45, 7) is 2.05. The maximum absolute atomic E-state index is 13.1. The van der Waals surface area contributed by atoms with Gasteiger partial charge in [0.25, 0.3) is 0 Å². The maximum atomic E-state index is 13.1. The largest absolute Gasteiger partial charge is 0.389 e. The zero-order valence-corrected chi connectivity index (χ0v) is 10.4. The number of aryl methyl sites for hydroxylation is 1. The third-order valence-corrected chi connectivity index (χ3v) is 2.47. The number of nitrogens with one attached hydrogen (secondary N) is 1. The first-order valence-electron chi connectivity index (χ1n) is 5.18. The highest BCUT2D eigenvalue weighted by atomic mass is 32.1. The van der Waals surface area contributed by atoms with Gasteiger partial charge in [-0.1, -0.05) is 17.4 Å². The second-order valence-corrected chi connectivity index (χ2v) is 4.08. The van der Waals surface area contributed by atoms with E-state index >= 15 is 0 Å². The molecule has 0 bridgehead atoms. The number of anilines is 1. The number of hydrogen-bond acceptors (Lipinski definition) is 5. The summed E-state index contributed by atoms with van der Waals surface area (Å²) in [7, 11) is 0. The van der Waals surface area contributed by atoms with E-state index < -0.39 is 5.82 Å². The van der Waals surface area contributed by atoms with Gasteiger partial charge in [-0.05, 0) is 25.1 Å². The summed E-state index contributed by atoms with van der Waals surface area (Å²) in [4.78, 5) is 4.16. The Kier molecular flexibility index (Phi) is 3.52. The molecular weight excluding hydrogens is 255 g/mol. The fourth-order valence-corrected chi connectivity index (χ4v) is 1.63. The topological polar surface area (TPSA) is 77.0 Å². The van der Waals surface area contributed by atoms with E-state index in [-0.39, 0.29) is 4.99 Å². The molecule has 0 atom stereocenters. The van der Waals surface area contributed by atoms with Crippen LogP contribution < -0.4 is 11.1 Å². The number of nitrogens with two attached hydrogens (primary N) is 1. The van der Waals surface area contributed by atoms with Gasteiger partial charge in [-0.2, -0.15) is 4.98 Å². The minimum Gasteiger partial charge on any atom is -0.389 e. The molecule has 0 aliphatic heterocycles. The van der Waals surface area contributed by atoms with Crippen LogP contribution >= 0.6 is 12.2 Å². The Labute approximate surface area is 108 Å². The number of thiocarbonyl (C=S) groups is 1. The fraction of sp³-hybridized carbons (Fsp3) is 0.182. The van der Waals surface area contributed by atoms with E-state index in [4.69, 9.17) is 22.5 Å². The van der Waals surface area contributed by atoms with Crippen LogP contribution in [0, 0.1) is 12.7 Å². The van der Waals surface area contributed by atoms with Crippen LogP contribution in [0.5, 0.6) is 0 Å². The van der Waals surface area contributed by atoms with Crippen LogP contribution in [0.1, 0.15) is 17.3 Å². The molecule has 0 saturated heterocycles. The monoisotopic (exact) mass is 266 g/mol. The van der Waals surface area contributed by atoms with Crippen LogP contribution in [0.2, 0.25) is 0 Å². The standard InChI is InChI=1S/C11H11FN4OS/c1-6-15-10(17-16-6)5-14-9-3-2-7(12)4-8(9)11(13)18/h2-4,14H,5H2,1H3,(H2,13,18). The molecule has 5 nitrogen and oxygen atoms in total. The van der Waals surface area contributed by atoms with E-state index in [0.717, 1.165) is 0 Å². The summed E-state index contributed by atoms with van der Waals surface area (Å²) in [5.41, 5.74) is 6.60. The third-order valence-electron chi connectivity index (χ3n) is 2.25. The highest BCUT2D eigenvalue weighted by Gasteiger charge is 2.08. The fourth-order valence-electron chi connectivity index (χ4n) is 1.46. The summed E-state index contributed by atoms with van der Waals surface area (Å²) < 4.78 is 18.0. The van der Waals surface area contributed by atoms with Gasteiger partial charge in [0.1, 0.15) is 10.8 Å². The minimum absolute atomic E-state index is 0.124. The van der Waals surface area contributed by atoms with Gasteiger partial charge in [0.05, 0.1) is 6.54 Å². The molecule has 18 heavy (non-hydrogen) atoms. The molecule has 1 aromatic carbocycles. The van der Waals surface area contributed by atoms with E-state index in [2.05, 4.69) is 15.5 Å². The Morgan fingerprint density at radius 3 is 2.94 bits per heavy atom. The second kappa shape index (κ2) is 5.09. The van der Waals surface area contributed by atoms with Crippen LogP contribution in [-0.2, 0) is 6.54 Å². The van der Waals surface area contributed by atoms with E-state index in [1.165, 1.54) is 12.1 Å². The van der Waals surface area contributed by atoms with Gasteiger partial charge in [0.2, 0.25) is 5.89 Å². The molecule has 7 heteroatoms. The quantitative estimate of drug-likeness (QED) is 0.821. The second-order valence-electron chi connectivity index (χ2n) is 3.64. The summed E-state index contributed by atoms with van der Waals surface area (Å²) in [6, 6.07) is 4.17. The number of nitrogens with zero attached hydrogens (tertiary/aromatic N) is 2. The average Bonchev–Trinajstić information content (AvgIpc) is 2.73. The lowest BCUT2D eigenvalue weighted by molar-refractivity contribution is 0.379. The van der Waals surface area contributed by atoms with Crippen molar-refractivity contribution in [3.8, 4) is 0 Å². The molecule has 0 radical (unpaired) electrons. The number of hydrogen-bond donors (Lipinski definition) is 2. The summed E-state index contributed by atoms with van der Waals surface area (Å²) in [5, 5.41) is 6.68. The van der Waals surface area contributed by atoms with E-state index in [1.807, 2.05) is 0 Å². The first-order chi connectivity index (χ1) is 8.56. The Balaban J connectivity index is 2.16. The zero-order valence-electron chi connectivity index (χ0n) is 9.61. The van der Waals surface area contributed by atoms with E-state index in [9.17, 15) is 4.39 Å². The van der Waals surface area contributed by atoms with Gasteiger partial charge in [-0.25, -0.2) is 4.39 Å². The molecular formula is C11H11FN4OS. The van der Waals surface area contributed by atoms with Gasteiger partial charge in [-0.3, -0.25) is 0 Å². The zero-order chi connectivity index (χ0) is 13.1. The summed E-state index contributed by atoms with van der Waals surface area (Å²) in [5.74, 6) is 0.600. The molecule has 0 amide bonds. The Morgan fingerprint density at radius 2 is 2.33 bits per heavy atom. The van der Waals surface area contributed by atoms with Crippen LogP contribution in [0.4, 0.5) is 10.1 Å². The Bertz CT molecular complexity index is 584. The highest BCUT2D eigenvalue weighted by molar-refractivity contribution is 7.80. The van der Waals surface area contributed by atoms with Crippen molar-refractivity contribution in [2.24, 2.45) is 5.73 Å². The molecule has 3 N–H and O–H groups in total. The molecule has 2 rings (SSSR count). The van der Waals surface area contributed by atoms with Gasteiger partial charge in [0, 0.05) is 11.3 Å². The van der Waals surface area contributed by atoms with Crippen LogP contribution in [0.25, 0.3) is 0 Å². The van der Waals surface area contributed by atoms with Crippen molar-refractivity contribution >= 4 is 22.9 Å². The SMILES string of the molecule is Cc1noc(CNc2ccc(F)cc2C(N)=S)n1. The minimum atomic E-state index is -0.392. The molecule has 1 aromatic heterocycles. The number of benzene rings is 1. The summed E-state index contributed by atoms with van der Waals surface area (Å²) in [6.07, 6.45) is 0. The lowest BCUT2D eigenvalue weighted by atomic mass is 10.1. The Morgan fingerprint density at radius 1 is 1.56 bits per heavy atom. The number of halogens is 1. The number of aromatic nitrogens is 2. The van der Waals surface area contributed by atoms with Gasteiger partial charge < -0.3 is 15.6 Å². The predicted octanol–water partition coefficient (Wildman–Crippen LogP) is 1.76. The van der Waals surface area contributed by atoms with Crippen molar-refractivity contribution in [1.82, 2.24) is 10.1 Å². The average molecular weight is 266 g/mol. The molecule has 0 fully saturated rings. The van der Waals surface area contributed by atoms with Gasteiger partial charge in [-0.15, -0.1) is 0 Å². The molecule has 94 valence electrons. The molecule has 0 saturated carbocycles. The molecule has 1 heterocycles. The summed E-state index contributed by atoms with van der Waals surface area (Å²) >= 11 is 4.86. The van der Waals surface area contributed by atoms with E-state index in [0.29, 0.717) is 29.5 Å². The van der Waals surface area contributed by atoms with Crippen molar-refractivity contribution in [2.75, 3.05) is 5.32 Å². The van der Waals surface area contributed by atoms with Gasteiger partial charge in [0.15, 0.2) is 5.82 Å². The van der Waals surface area contributed by atoms with Crippen LogP contribution in [-0.4, -0.2) is 15.1 Å². The van der Waals surface area contributed by atoms with Gasteiger partial charge >= 0.3 is 0 Å². The predicted molar refractivity (Wildman–Crippen MR) is 68.6 cm³/mol. The smallest absolute Gasteiger partial charge is 0.245 e. The van der Waals surface area contributed by atoms with Crippen LogP contribution in [0.15, 0.2) is 22.7 Å². The van der Waals surface area contributed by atoms with Crippen molar-refractivity contribution in [1.29, 1.82) is 0 Å². The molecule has 0 aliphatic carbocycles. The lowest BCUT2D eigenvalue weighted by Crippen LogP contribution is -2.13. The van der Waals surface area contributed by atoms with Crippen molar-refractivity contribution in [2.45, 2.75) is 13.5 Å². The Hall–Kier alpha value is -2.02. The maximum Gasteiger partial charge on any atom is 0.245 e. The normalized spacial score (nSPS) is 10.3. The molecule has 2 aromatic rings.